The van der Waals surface area contributed by atoms with E-state index >= 15 is 0 Å². The fourth-order valence-corrected chi connectivity index (χ4v) is 0.0680. The van der Waals surface area contributed by atoms with Crippen LogP contribution in [0.1, 0.15) is 16.6 Å². The molecule has 0 aromatic carbocycles. The summed E-state index contributed by atoms with van der Waals surface area (Å²) >= 11 is 4.24. The van der Waals surface area contributed by atoms with Gasteiger partial charge in [0.15, 0.2) is 1.37 Å². The number of aldehydes is 3. The first kappa shape index (κ1) is 15.5. The Kier molecular flexibility index (Phi) is 68.7. The van der Waals surface area contributed by atoms with E-state index in [1.807, 2.05) is 0 Å². The highest BCUT2D eigenvalue weighted by molar-refractivity contribution is 15.0. The zero-order chi connectivity index (χ0) is 13.3. The highest BCUT2D eigenvalue weighted by Crippen LogP contribution is 1.89. The summed E-state index contributed by atoms with van der Waals surface area (Å²) in [6, 6.07) is 0. The molecule has 0 radical (unpaired) electrons. The molecule has 0 unspecified atom stereocenters. The maximum absolute atomic E-state index is 9.62. The number of carbonyl (C=O) groups excluding carboxylic acids is 3. The predicted molar refractivity (Wildman–Crippen MR) is 72.1 cm³/mol. The Morgan fingerprint density at radius 3 is 1.46 bits per heavy atom. The normalized spacial score (nSPS) is 8.00. The quantitative estimate of drug-likeness (QED) is 0.288. The second-order valence-electron chi connectivity index (χ2n) is 0.998. The second-order valence-corrected chi connectivity index (χ2v) is 0.998. The molecule has 13 heavy (non-hydrogen) atoms. The van der Waals surface area contributed by atoms with Gasteiger partial charge in [0.05, 0.1) is 0 Å². The molecule has 0 aliphatic rings. The first-order valence-electron chi connectivity index (χ1n) is 3.92. The molecule has 0 N–H and O–H groups in total. The molecule has 0 aromatic rings. The lowest BCUT2D eigenvalue weighted by Crippen LogP contribution is -1.50. The first-order valence-corrected chi connectivity index (χ1v) is 9.20. The van der Waals surface area contributed by atoms with E-state index in [2.05, 4.69) is 44.2 Å². The Balaban J connectivity index is -0.0000000590. The van der Waals surface area contributed by atoms with Crippen molar-refractivity contribution in [1.29, 1.82) is 0 Å². The summed E-state index contributed by atoms with van der Waals surface area (Å²) in [5.74, 6) is 0. The van der Waals surface area contributed by atoms with Crippen LogP contribution in [0.3, 0.4) is 0 Å². The summed E-state index contributed by atoms with van der Waals surface area (Å²) in [6.07, 6.45) is 2.01. The standard InChI is InChI=1S/C4H6O.C2H4O.C2H3O.I2/c1-2-3-4-5;2*1-2-3;1-2/h2-4H,1H3;2H,1H3;2H,1H2;/q;;+1;/b3-2+;;;/i4D;;2D;. The minimum absolute atomic E-state index is 0.641. The van der Waals surface area contributed by atoms with E-state index in [-0.39, 0.29) is 0 Å². The van der Waals surface area contributed by atoms with Crippen molar-refractivity contribution < 1.29 is 17.1 Å². The molecule has 0 atom stereocenters. The van der Waals surface area contributed by atoms with Crippen molar-refractivity contribution in [2.75, 3.05) is 0 Å². The van der Waals surface area contributed by atoms with Crippen LogP contribution in [0.4, 0.5) is 0 Å². The predicted octanol–water partition coefficient (Wildman–Crippen LogP) is 2.76. The molecule has 0 aromatic heterocycles. The van der Waals surface area contributed by atoms with Crippen LogP contribution in [0.25, 0.3) is 0 Å². The van der Waals surface area contributed by atoms with Crippen molar-refractivity contribution in [2.45, 2.75) is 13.8 Å². The molecule has 0 bridgehead atoms. The van der Waals surface area contributed by atoms with Crippen LogP contribution in [0.15, 0.2) is 12.2 Å². The molecular weight excluding hydrogens is 398 g/mol. The summed E-state index contributed by atoms with van der Waals surface area (Å²) in [5, 5.41) is 0. The molecule has 5 heteroatoms. The average molecular weight is 413 g/mol. The highest BCUT2D eigenvalue weighted by atomic mass is 128. The summed E-state index contributed by atoms with van der Waals surface area (Å²) in [7, 11) is 0. The van der Waals surface area contributed by atoms with Crippen molar-refractivity contribution >= 4 is 56.0 Å². The van der Waals surface area contributed by atoms with Gasteiger partial charge in [0.2, 0.25) is 0 Å². The maximum atomic E-state index is 9.62. The molecule has 0 saturated carbocycles. The zero-order valence-corrected chi connectivity index (χ0v) is 11.7. The lowest BCUT2D eigenvalue weighted by molar-refractivity contribution is -0.106. The summed E-state index contributed by atoms with van der Waals surface area (Å²) in [6.45, 7) is 5.81. The molecule has 0 aliphatic carbocycles. The summed E-state index contributed by atoms with van der Waals surface area (Å²) < 4.78 is 12.1. The molecule has 0 heterocycles. The number of carbonyl (C=O) groups is 3. The van der Waals surface area contributed by atoms with E-state index in [9.17, 15) is 4.79 Å². The molecule has 0 rings (SSSR count). The van der Waals surface area contributed by atoms with E-state index < -0.39 is 12.5 Å². The number of rotatable bonds is 1. The topological polar surface area (TPSA) is 51.2 Å². The molecule has 76 valence electrons. The second kappa shape index (κ2) is 57.5. The minimum Gasteiger partial charge on any atom is -0.304 e. The molecule has 0 saturated heterocycles. The van der Waals surface area contributed by atoms with E-state index in [4.69, 9.17) is 12.3 Å². The third kappa shape index (κ3) is 284. The number of hydrogen-bond donors (Lipinski definition) is 0. The van der Waals surface area contributed by atoms with Gasteiger partial charge in [0.25, 0.3) is 6.26 Å². The van der Waals surface area contributed by atoms with Gasteiger partial charge in [-0.15, -0.1) is 0 Å². The molecule has 0 amide bonds. The van der Waals surface area contributed by atoms with Gasteiger partial charge >= 0.3 is 0 Å². The fraction of sp³-hybridized carbons (Fsp3) is 0.250. The van der Waals surface area contributed by atoms with Crippen molar-refractivity contribution in [3.05, 3.63) is 19.1 Å². The Labute approximate surface area is 105 Å². The highest BCUT2D eigenvalue weighted by Gasteiger charge is 1.48. The van der Waals surface area contributed by atoms with Crippen molar-refractivity contribution in [3.63, 3.8) is 0 Å². The SMILES string of the molecule is CC=O.II.[2H]C(=O)/C=C/C.[2H]C([CH2+])=O. The van der Waals surface area contributed by atoms with Crippen molar-refractivity contribution in [1.82, 2.24) is 0 Å². The Morgan fingerprint density at radius 2 is 1.46 bits per heavy atom. The van der Waals surface area contributed by atoms with E-state index in [1.165, 1.54) is 19.1 Å². The van der Waals surface area contributed by atoms with Gasteiger partial charge in [0, 0.05) is 37.2 Å². The number of allylic oxidation sites excluding steroid dienone is 2. The molecule has 0 spiro atoms. The zero-order valence-electron chi connectivity index (χ0n) is 9.42. The van der Waals surface area contributed by atoms with Gasteiger partial charge in [0.1, 0.15) is 20.8 Å². The van der Waals surface area contributed by atoms with Crippen LogP contribution in [-0.4, -0.2) is 18.8 Å². The van der Waals surface area contributed by atoms with Crippen LogP contribution >= 0.6 is 37.2 Å². The van der Waals surface area contributed by atoms with Crippen LogP contribution in [-0.2, 0) is 14.4 Å². The van der Waals surface area contributed by atoms with Crippen molar-refractivity contribution in [3.8, 4) is 0 Å². The molecular formula is C8H13I2O3+. The van der Waals surface area contributed by atoms with E-state index in [0.717, 1.165) is 6.29 Å². The number of halogens is 2. The van der Waals surface area contributed by atoms with E-state index in [0.29, 0.717) is 0 Å². The van der Waals surface area contributed by atoms with Gasteiger partial charge in [-0.05, 0) is 19.9 Å². The Hall–Kier alpha value is 0.0800. The van der Waals surface area contributed by atoms with Gasteiger partial charge in [-0.1, -0.05) is 6.08 Å². The first-order chi connectivity index (χ1) is 6.92. The lowest BCUT2D eigenvalue weighted by atomic mass is 10.6. The van der Waals surface area contributed by atoms with Gasteiger partial charge < -0.3 is 4.79 Å². The smallest absolute Gasteiger partial charge is 0.292 e. The Morgan fingerprint density at radius 1 is 1.23 bits per heavy atom. The van der Waals surface area contributed by atoms with Crippen LogP contribution in [0.2, 0.25) is 0 Å². The molecule has 3 nitrogen and oxygen atoms in total. The third-order valence-corrected chi connectivity index (χ3v) is 0.235. The largest absolute Gasteiger partial charge is 0.304 e. The van der Waals surface area contributed by atoms with Gasteiger partial charge in [-0.3, -0.25) is 4.79 Å². The van der Waals surface area contributed by atoms with E-state index in [1.54, 1.807) is 6.92 Å². The molecule has 0 aliphatic heterocycles. The van der Waals surface area contributed by atoms with Crippen LogP contribution in [0.5, 0.6) is 0 Å². The average Bonchev–Trinajstić information content (AvgIpc) is 2.07. The van der Waals surface area contributed by atoms with Crippen molar-refractivity contribution in [2.24, 2.45) is 0 Å². The van der Waals surface area contributed by atoms with Gasteiger partial charge in [-0.25, -0.2) is 4.79 Å². The lowest BCUT2D eigenvalue weighted by Gasteiger charge is -1.51. The third-order valence-electron chi connectivity index (χ3n) is 0.235. The fourth-order valence-electron chi connectivity index (χ4n) is 0.0680. The van der Waals surface area contributed by atoms with Crippen LogP contribution in [0, 0.1) is 6.92 Å². The van der Waals surface area contributed by atoms with Crippen LogP contribution < -0.4 is 0 Å². The monoisotopic (exact) mass is 413 g/mol. The summed E-state index contributed by atoms with van der Waals surface area (Å²) in [4.78, 5) is 27.4. The van der Waals surface area contributed by atoms with Gasteiger partial charge in [-0.2, -0.15) is 0 Å². The minimum atomic E-state index is -0.833. The number of hydrogen-bond acceptors (Lipinski definition) is 3. The summed E-state index contributed by atoms with van der Waals surface area (Å²) in [5.41, 5.74) is 0. The Bertz CT molecular complexity index is 181. The molecule has 0 fully saturated rings. The maximum Gasteiger partial charge on any atom is 0.292 e.